The number of carbonyl (C=O) groups is 1. The van der Waals surface area contributed by atoms with Gasteiger partial charge in [-0.05, 0) is 12.8 Å². The van der Waals surface area contributed by atoms with Gasteiger partial charge in [0.25, 0.3) is 10.1 Å². The molecule has 6 nitrogen and oxygen atoms in total. The second-order valence-electron chi connectivity index (χ2n) is 4.34. The molecular weight excluding hydrogens is 272 g/mol. The lowest BCUT2D eigenvalue weighted by Crippen LogP contribution is -2.54. The minimum Gasteiger partial charge on any atom is -0.465 e. The van der Waals surface area contributed by atoms with E-state index in [1.54, 1.807) is 0 Å². The molecule has 0 atom stereocenters. The monoisotopic (exact) mass is 287 g/mol. The number of amides is 1. The van der Waals surface area contributed by atoms with Crippen molar-refractivity contribution in [3.05, 3.63) is 0 Å². The number of nitrogens with zero attached hydrogens (tertiary/aromatic N) is 1. The van der Waals surface area contributed by atoms with Crippen LogP contribution >= 0.6 is 0 Å². The lowest BCUT2D eigenvalue weighted by Gasteiger charge is -2.36. The van der Waals surface area contributed by atoms with Gasteiger partial charge in [0.2, 0.25) is 0 Å². The van der Waals surface area contributed by atoms with Gasteiger partial charge in [0.05, 0.1) is 0 Å². The van der Waals surface area contributed by atoms with Crippen LogP contribution in [0.25, 0.3) is 0 Å². The molecule has 0 aliphatic heterocycles. The highest BCUT2D eigenvalue weighted by Gasteiger charge is 2.48. The SMILES string of the molecule is O=C(O)N(C1CCCCC1)C(F)(F)CS(=O)(=O)O. The molecule has 0 heterocycles. The molecule has 1 aliphatic carbocycles. The minimum atomic E-state index is -4.95. The topological polar surface area (TPSA) is 94.9 Å². The number of hydrogen-bond acceptors (Lipinski definition) is 3. The maximum Gasteiger partial charge on any atom is 0.412 e. The van der Waals surface area contributed by atoms with Gasteiger partial charge in [-0.2, -0.15) is 17.2 Å². The Bertz CT molecular complexity index is 405. The Morgan fingerprint density at radius 3 is 2.17 bits per heavy atom. The van der Waals surface area contributed by atoms with E-state index in [-0.39, 0.29) is 17.7 Å². The first-order valence-corrected chi connectivity index (χ1v) is 7.09. The summed E-state index contributed by atoms with van der Waals surface area (Å²) in [4.78, 5) is 10.8. The van der Waals surface area contributed by atoms with E-state index >= 15 is 0 Å². The molecule has 2 N–H and O–H groups in total. The Morgan fingerprint density at radius 1 is 1.28 bits per heavy atom. The van der Waals surface area contributed by atoms with Gasteiger partial charge in [-0.3, -0.25) is 4.55 Å². The predicted octanol–water partition coefficient (Wildman–Crippen LogP) is 1.78. The molecule has 0 radical (unpaired) electrons. The van der Waals surface area contributed by atoms with Crippen molar-refractivity contribution >= 4 is 16.2 Å². The summed E-state index contributed by atoms with van der Waals surface area (Å²) in [6.07, 6.45) is 0.747. The minimum absolute atomic E-state index is 0.139. The lowest BCUT2D eigenvalue weighted by atomic mass is 9.94. The van der Waals surface area contributed by atoms with Crippen LogP contribution in [0, 0.1) is 0 Å². The second-order valence-corrected chi connectivity index (χ2v) is 5.79. The number of halogens is 2. The summed E-state index contributed by atoms with van der Waals surface area (Å²) in [6, 6.07) is -5.03. The Labute approximate surface area is 103 Å². The smallest absolute Gasteiger partial charge is 0.412 e. The van der Waals surface area contributed by atoms with E-state index in [0.29, 0.717) is 12.8 Å². The number of carboxylic acid groups (broad SMARTS) is 1. The zero-order valence-electron chi connectivity index (χ0n) is 9.55. The van der Waals surface area contributed by atoms with E-state index in [0.717, 1.165) is 6.42 Å². The quantitative estimate of drug-likeness (QED) is 0.607. The summed E-state index contributed by atoms with van der Waals surface area (Å²) >= 11 is 0. The Kier molecular flexibility index (Phi) is 4.49. The van der Waals surface area contributed by atoms with Crippen LogP contribution < -0.4 is 0 Å². The van der Waals surface area contributed by atoms with E-state index in [4.69, 9.17) is 9.66 Å². The zero-order valence-corrected chi connectivity index (χ0v) is 10.4. The molecular formula is C9H15F2NO5S. The van der Waals surface area contributed by atoms with Crippen LogP contribution in [0.4, 0.5) is 13.6 Å². The fraction of sp³-hybridized carbons (Fsp3) is 0.889. The van der Waals surface area contributed by atoms with Crippen LogP contribution in [0.2, 0.25) is 0 Å². The van der Waals surface area contributed by atoms with Crippen molar-refractivity contribution in [3.8, 4) is 0 Å². The average molecular weight is 287 g/mol. The largest absolute Gasteiger partial charge is 0.465 e. The van der Waals surface area contributed by atoms with Gasteiger partial charge in [0.1, 0.15) is 0 Å². The third-order valence-corrected chi connectivity index (χ3v) is 3.57. The van der Waals surface area contributed by atoms with Crippen LogP contribution in [0.5, 0.6) is 0 Å². The summed E-state index contributed by atoms with van der Waals surface area (Å²) in [5.41, 5.74) is 0. The Hall–Kier alpha value is -0.960. The first-order valence-electron chi connectivity index (χ1n) is 5.49. The molecule has 1 aliphatic rings. The highest BCUT2D eigenvalue weighted by Crippen LogP contribution is 2.31. The van der Waals surface area contributed by atoms with Crippen LogP contribution in [-0.4, -0.2) is 46.9 Å². The molecule has 0 aromatic heterocycles. The van der Waals surface area contributed by atoms with Crippen molar-refractivity contribution in [2.75, 3.05) is 5.75 Å². The third kappa shape index (κ3) is 4.05. The molecule has 1 amide bonds. The Morgan fingerprint density at radius 2 is 1.78 bits per heavy atom. The van der Waals surface area contributed by atoms with E-state index in [1.807, 2.05) is 0 Å². The molecule has 106 valence electrons. The average Bonchev–Trinajstić information content (AvgIpc) is 2.13. The van der Waals surface area contributed by atoms with Crippen LogP contribution in [0.15, 0.2) is 0 Å². The molecule has 0 aromatic rings. The normalized spacial score (nSPS) is 18.6. The molecule has 0 unspecified atom stereocenters. The van der Waals surface area contributed by atoms with Crippen molar-refractivity contribution < 1.29 is 31.7 Å². The van der Waals surface area contributed by atoms with Gasteiger partial charge in [0, 0.05) is 6.04 Å². The highest BCUT2D eigenvalue weighted by atomic mass is 32.2. The van der Waals surface area contributed by atoms with Gasteiger partial charge in [-0.1, -0.05) is 19.3 Å². The van der Waals surface area contributed by atoms with E-state index in [1.165, 1.54) is 0 Å². The van der Waals surface area contributed by atoms with Crippen molar-refractivity contribution in [2.24, 2.45) is 0 Å². The number of rotatable bonds is 4. The predicted molar refractivity (Wildman–Crippen MR) is 58.1 cm³/mol. The maximum atomic E-state index is 13.6. The summed E-state index contributed by atoms with van der Waals surface area (Å²) < 4.78 is 56.7. The van der Waals surface area contributed by atoms with Crippen LogP contribution in [0.1, 0.15) is 32.1 Å². The fourth-order valence-corrected chi connectivity index (χ4v) is 2.77. The molecule has 0 spiro atoms. The first-order chi connectivity index (χ1) is 8.13. The van der Waals surface area contributed by atoms with Gasteiger partial charge in [0.15, 0.2) is 5.75 Å². The summed E-state index contributed by atoms with van der Waals surface area (Å²) in [7, 11) is -4.95. The molecule has 1 fully saturated rings. The van der Waals surface area contributed by atoms with Crippen LogP contribution in [0.3, 0.4) is 0 Å². The van der Waals surface area contributed by atoms with E-state index in [9.17, 15) is 22.0 Å². The number of hydrogen-bond donors (Lipinski definition) is 2. The van der Waals surface area contributed by atoms with Crippen LogP contribution in [-0.2, 0) is 10.1 Å². The van der Waals surface area contributed by atoms with E-state index in [2.05, 4.69) is 0 Å². The fourth-order valence-electron chi connectivity index (χ4n) is 2.19. The van der Waals surface area contributed by atoms with E-state index < -0.39 is 34.1 Å². The molecule has 0 aromatic carbocycles. The van der Waals surface area contributed by atoms with Gasteiger partial charge < -0.3 is 5.11 Å². The first kappa shape index (κ1) is 15.1. The lowest BCUT2D eigenvalue weighted by molar-refractivity contribution is -0.131. The second kappa shape index (κ2) is 5.35. The van der Waals surface area contributed by atoms with Gasteiger partial charge >= 0.3 is 12.1 Å². The van der Waals surface area contributed by atoms with Gasteiger partial charge in [-0.15, -0.1) is 0 Å². The standard InChI is InChI=1S/C9H15F2NO5S/c10-9(11,6-18(15,16)17)12(8(13)14)7-4-2-1-3-5-7/h7H,1-6H2,(H,13,14)(H,15,16,17). The molecule has 1 saturated carbocycles. The highest BCUT2D eigenvalue weighted by molar-refractivity contribution is 7.85. The number of alkyl halides is 2. The van der Waals surface area contributed by atoms with Gasteiger partial charge in [-0.25, -0.2) is 9.69 Å². The van der Waals surface area contributed by atoms with Crippen molar-refractivity contribution in [1.29, 1.82) is 0 Å². The maximum absolute atomic E-state index is 13.6. The van der Waals surface area contributed by atoms with Crippen molar-refractivity contribution in [1.82, 2.24) is 4.90 Å². The zero-order chi connectivity index (χ0) is 14.0. The third-order valence-electron chi connectivity index (χ3n) is 2.85. The molecule has 18 heavy (non-hydrogen) atoms. The van der Waals surface area contributed by atoms with Crippen molar-refractivity contribution in [3.63, 3.8) is 0 Å². The molecule has 0 bridgehead atoms. The summed E-state index contributed by atoms with van der Waals surface area (Å²) in [5.74, 6) is -1.91. The van der Waals surface area contributed by atoms with Crippen molar-refractivity contribution in [2.45, 2.75) is 44.2 Å². The Balaban J connectivity index is 2.92. The summed E-state index contributed by atoms with van der Waals surface area (Å²) in [6.45, 7) is 0. The molecule has 9 heteroatoms. The summed E-state index contributed by atoms with van der Waals surface area (Å²) in [5, 5.41) is 8.83. The molecule has 1 rings (SSSR count). The molecule has 0 saturated heterocycles.